The predicted octanol–water partition coefficient (Wildman–Crippen LogP) is 2.96. The van der Waals surface area contributed by atoms with Gasteiger partial charge >= 0.3 is 12.4 Å². The smallest absolute Gasteiger partial charge is 0.397 e. The normalized spacial score (nSPS) is 13.6. The van der Waals surface area contributed by atoms with Crippen molar-refractivity contribution >= 4 is 66.9 Å². The SMILES string of the molecule is Nc1c(I)cc(I)cc1C(=O)NC(CS(=O)(=O)O)(C(F)(F)F)C(F)(F)F. The van der Waals surface area contributed by atoms with E-state index in [1.165, 1.54) is 6.07 Å². The number of rotatable bonds is 4. The quantitative estimate of drug-likeness (QED) is 0.205. The van der Waals surface area contributed by atoms with Crippen molar-refractivity contribution in [1.82, 2.24) is 5.32 Å². The Hall–Kier alpha value is -0.560. The fourth-order valence-electron chi connectivity index (χ4n) is 1.81. The first kappa shape index (κ1) is 23.5. The summed E-state index contributed by atoms with van der Waals surface area (Å²) in [6.45, 7) is 0. The zero-order chi connectivity index (χ0) is 20.7. The predicted molar refractivity (Wildman–Crippen MR) is 95.0 cm³/mol. The van der Waals surface area contributed by atoms with Crippen molar-refractivity contribution < 1.29 is 44.1 Å². The summed E-state index contributed by atoms with van der Waals surface area (Å²) in [5.41, 5.74) is -0.826. The van der Waals surface area contributed by atoms with Crippen LogP contribution in [0.2, 0.25) is 0 Å². The topological polar surface area (TPSA) is 109 Å². The van der Waals surface area contributed by atoms with Crippen molar-refractivity contribution in [3.63, 3.8) is 0 Å². The Bertz CT molecular complexity index is 811. The summed E-state index contributed by atoms with van der Waals surface area (Å²) in [7, 11) is -5.79. The first-order chi connectivity index (χ1) is 11.4. The van der Waals surface area contributed by atoms with E-state index < -0.39 is 50.9 Å². The molecule has 0 aliphatic heterocycles. The van der Waals surface area contributed by atoms with E-state index in [0.717, 1.165) is 6.07 Å². The second-order valence-corrected chi connectivity index (χ2v) is 8.79. The minimum Gasteiger partial charge on any atom is -0.397 e. The maximum atomic E-state index is 13.2. The number of alkyl halides is 6. The van der Waals surface area contributed by atoms with Crippen molar-refractivity contribution in [2.24, 2.45) is 0 Å². The molecule has 0 heterocycles. The first-order valence-corrected chi connectivity index (χ1v) is 9.83. The Balaban J connectivity index is 3.58. The van der Waals surface area contributed by atoms with E-state index in [-0.39, 0.29) is 7.14 Å². The summed E-state index contributed by atoms with van der Waals surface area (Å²) >= 11 is 3.26. The van der Waals surface area contributed by atoms with Crippen LogP contribution in [-0.4, -0.2) is 42.5 Å². The molecule has 6 nitrogen and oxygen atoms in total. The molecule has 0 spiro atoms. The summed E-state index contributed by atoms with van der Waals surface area (Å²) in [5, 5.41) is 0.664. The second-order valence-electron chi connectivity index (χ2n) is 4.93. The van der Waals surface area contributed by atoms with Crippen molar-refractivity contribution in [3.05, 3.63) is 24.8 Å². The van der Waals surface area contributed by atoms with Crippen LogP contribution in [0.25, 0.3) is 0 Å². The van der Waals surface area contributed by atoms with E-state index in [4.69, 9.17) is 10.3 Å². The van der Waals surface area contributed by atoms with Gasteiger partial charge in [0.05, 0.1) is 11.3 Å². The van der Waals surface area contributed by atoms with Gasteiger partial charge in [-0.05, 0) is 57.3 Å². The minimum atomic E-state index is -6.29. The maximum Gasteiger partial charge on any atom is 0.421 e. The van der Waals surface area contributed by atoms with Crippen molar-refractivity contribution in [3.8, 4) is 0 Å². The lowest BCUT2D eigenvalue weighted by Gasteiger charge is -2.36. The molecule has 1 amide bonds. The van der Waals surface area contributed by atoms with Crippen LogP contribution in [0.4, 0.5) is 32.0 Å². The Morgan fingerprint density at radius 1 is 1.12 bits per heavy atom. The number of halogens is 8. The highest BCUT2D eigenvalue weighted by atomic mass is 127. The summed E-state index contributed by atoms with van der Waals surface area (Å²) in [6.07, 6.45) is -12.6. The molecule has 1 aromatic carbocycles. The van der Waals surface area contributed by atoms with Gasteiger partial charge in [0.15, 0.2) is 0 Å². The number of nitrogens with two attached hydrogens (primary N) is 1. The average Bonchev–Trinajstić information content (AvgIpc) is 2.37. The number of nitrogen functional groups attached to an aromatic ring is 1. The van der Waals surface area contributed by atoms with E-state index >= 15 is 0 Å². The number of carbonyl (C=O) groups excluding carboxylic acids is 1. The van der Waals surface area contributed by atoms with Gasteiger partial charge in [0.1, 0.15) is 5.75 Å². The van der Waals surface area contributed by atoms with Crippen LogP contribution in [0.1, 0.15) is 10.4 Å². The molecule has 0 aliphatic rings. The van der Waals surface area contributed by atoms with Gasteiger partial charge in [-0.1, -0.05) is 0 Å². The maximum absolute atomic E-state index is 13.2. The molecule has 0 aromatic heterocycles. The Kier molecular flexibility index (Phi) is 6.73. The van der Waals surface area contributed by atoms with E-state index in [1.54, 1.807) is 45.2 Å². The molecular formula is C11H8F6I2N2O4S. The van der Waals surface area contributed by atoms with Gasteiger partial charge in [-0.2, -0.15) is 34.8 Å². The van der Waals surface area contributed by atoms with Crippen LogP contribution in [0, 0.1) is 7.14 Å². The summed E-state index contributed by atoms with van der Waals surface area (Å²) in [5.74, 6) is -4.75. The number of hydrogen-bond acceptors (Lipinski definition) is 4. The molecular weight excluding hydrogens is 624 g/mol. The molecule has 0 fully saturated rings. The first-order valence-electron chi connectivity index (χ1n) is 6.07. The highest BCUT2D eigenvalue weighted by Crippen LogP contribution is 2.44. The van der Waals surface area contributed by atoms with Crippen LogP contribution >= 0.6 is 45.2 Å². The fourth-order valence-corrected chi connectivity index (χ4v) is 4.60. The number of benzene rings is 1. The molecule has 0 bridgehead atoms. The molecule has 0 radical (unpaired) electrons. The van der Waals surface area contributed by atoms with Crippen molar-refractivity contribution in [2.75, 3.05) is 11.5 Å². The number of anilines is 1. The largest absolute Gasteiger partial charge is 0.421 e. The third-order valence-corrected chi connectivity index (χ3v) is 5.35. The van der Waals surface area contributed by atoms with E-state index in [1.807, 2.05) is 0 Å². The Morgan fingerprint density at radius 2 is 1.58 bits per heavy atom. The van der Waals surface area contributed by atoms with Crippen molar-refractivity contribution in [1.29, 1.82) is 0 Å². The molecule has 0 unspecified atom stereocenters. The van der Waals surface area contributed by atoms with Gasteiger partial charge in [-0.3, -0.25) is 9.35 Å². The molecule has 1 rings (SSSR count). The highest BCUT2D eigenvalue weighted by molar-refractivity contribution is 14.1. The molecule has 26 heavy (non-hydrogen) atoms. The molecule has 148 valence electrons. The zero-order valence-electron chi connectivity index (χ0n) is 12.0. The molecule has 0 saturated carbocycles. The zero-order valence-corrected chi connectivity index (χ0v) is 17.2. The Morgan fingerprint density at radius 3 is 1.96 bits per heavy atom. The molecule has 0 aliphatic carbocycles. The Labute approximate surface area is 169 Å². The lowest BCUT2D eigenvalue weighted by molar-refractivity contribution is -0.296. The minimum absolute atomic E-state index is 0.180. The molecule has 4 N–H and O–H groups in total. The van der Waals surface area contributed by atoms with Gasteiger partial charge in [0, 0.05) is 7.14 Å². The van der Waals surface area contributed by atoms with Gasteiger partial charge < -0.3 is 11.1 Å². The highest BCUT2D eigenvalue weighted by Gasteiger charge is 2.73. The monoisotopic (exact) mass is 632 g/mol. The molecule has 0 atom stereocenters. The van der Waals surface area contributed by atoms with E-state index in [9.17, 15) is 39.6 Å². The van der Waals surface area contributed by atoms with Crippen molar-refractivity contribution in [2.45, 2.75) is 17.9 Å². The molecule has 1 aromatic rings. The number of hydrogen-bond donors (Lipinski definition) is 3. The number of carbonyl (C=O) groups is 1. The third-order valence-electron chi connectivity index (χ3n) is 3.03. The fraction of sp³-hybridized carbons (Fsp3) is 0.364. The number of amides is 1. The van der Waals surface area contributed by atoms with Crippen LogP contribution in [0.15, 0.2) is 12.1 Å². The van der Waals surface area contributed by atoms with Gasteiger partial charge in [-0.25, -0.2) is 0 Å². The average molecular weight is 632 g/mol. The lowest BCUT2D eigenvalue weighted by atomic mass is 9.99. The van der Waals surface area contributed by atoms with Crippen LogP contribution in [-0.2, 0) is 10.1 Å². The van der Waals surface area contributed by atoms with Crippen LogP contribution in [0.5, 0.6) is 0 Å². The summed E-state index contributed by atoms with van der Waals surface area (Å²) in [4.78, 5) is 12.1. The van der Waals surface area contributed by atoms with E-state index in [2.05, 4.69) is 0 Å². The molecule has 15 heteroatoms. The van der Waals surface area contributed by atoms with Gasteiger partial charge in [-0.15, -0.1) is 0 Å². The van der Waals surface area contributed by atoms with Gasteiger partial charge in [0.25, 0.3) is 16.0 Å². The third kappa shape index (κ3) is 5.03. The summed E-state index contributed by atoms with van der Waals surface area (Å²) < 4.78 is 110. The second kappa shape index (κ2) is 7.46. The molecule has 0 saturated heterocycles. The lowest BCUT2D eigenvalue weighted by Crippen LogP contribution is -2.70. The summed E-state index contributed by atoms with van der Waals surface area (Å²) in [6, 6.07) is 2.34. The van der Waals surface area contributed by atoms with Crippen LogP contribution < -0.4 is 11.1 Å². The van der Waals surface area contributed by atoms with Crippen LogP contribution in [0.3, 0.4) is 0 Å². The standard InChI is InChI=1S/C11H8F6I2N2O4S/c12-10(13,14)9(11(15,16)17,3-26(23,24)25)21-8(22)5-1-4(18)2-6(19)7(5)20/h1-2H,3,20H2,(H,21,22)(H,23,24,25). The number of nitrogens with one attached hydrogen (secondary N) is 1. The van der Waals surface area contributed by atoms with Gasteiger partial charge in [0.2, 0.25) is 5.54 Å². The van der Waals surface area contributed by atoms with E-state index in [0.29, 0.717) is 5.32 Å².